The third-order valence-electron chi connectivity index (χ3n) is 3.47. The molecule has 2 rings (SSSR count). The average Bonchev–Trinajstić information content (AvgIpc) is 2.97. The zero-order valence-corrected chi connectivity index (χ0v) is 9.69. The van der Waals surface area contributed by atoms with Gasteiger partial charge in [-0.1, -0.05) is 12.8 Å². The topological polar surface area (TPSA) is 53.6 Å². The first kappa shape index (κ1) is 11.0. The fourth-order valence-corrected chi connectivity index (χ4v) is 2.56. The molecule has 0 radical (unpaired) electrons. The van der Waals surface area contributed by atoms with Gasteiger partial charge in [-0.2, -0.15) is 10.4 Å². The normalized spacial score (nSPS) is 18.2. The molecule has 16 heavy (non-hydrogen) atoms. The zero-order chi connectivity index (χ0) is 11.4. The van der Waals surface area contributed by atoms with Crippen molar-refractivity contribution in [1.82, 2.24) is 9.78 Å². The van der Waals surface area contributed by atoms with Crippen LogP contribution in [0.2, 0.25) is 0 Å². The molecule has 86 valence electrons. The van der Waals surface area contributed by atoms with Crippen LogP contribution in [0.3, 0.4) is 0 Å². The van der Waals surface area contributed by atoms with E-state index >= 15 is 0 Å². The van der Waals surface area contributed by atoms with E-state index in [0.717, 1.165) is 5.69 Å². The summed E-state index contributed by atoms with van der Waals surface area (Å²) in [5.74, 6) is 0.629. The molecule has 0 amide bonds. The molecule has 1 unspecified atom stereocenters. The molecule has 1 heterocycles. The van der Waals surface area contributed by atoms with Gasteiger partial charge in [-0.3, -0.25) is 4.68 Å². The lowest BCUT2D eigenvalue weighted by molar-refractivity contribution is 0.315. The molecular formula is C12H18N4. The number of rotatable bonds is 4. The van der Waals surface area contributed by atoms with Crippen LogP contribution >= 0.6 is 0 Å². The van der Waals surface area contributed by atoms with Gasteiger partial charge in [-0.25, -0.2) is 0 Å². The molecule has 1 N–H and O–H groups in total. The van der Waals surface area contributed by atoms with Gasteiger partial charge in [0.05, 0.1) is 30.4 Å². The minimum Gasteiger partial charge on any atom is -0.386 e. The van der Waals surface area contributed by atoms with Crippen molar-refractivity contribution >= 4 is 5.69 Å². The molecule has 0 spiro atoms. The third kappa shape index (κ3) is 2.19. The van der Waals surface area contributed by atoms with Crippen LogP contribution in [0.1, 0.15) is 38.1 Å². The van der Waals surface area contributed by atoms with Gasteiger partial charge in [0.25, 0.3) is 0 Å². The Bertz CT molecular complexity index is 371. The molecule has 1 saturated carbocycles. The summed E-state index contributed by atoms with van der Waals surface area (Å²) in [5, 5.41) is 16.3. The van der Waals surface area contributed by atoms with Crippen LogP contribution in [-0.4, -0.2) is 16.8 Å². The van der Waals surface area contributed by atoms with Crippen molar-refractivity contribution in [1.29, 1.82) is 5.26 Å². The summed E-state index contributed by atoms with van der Waals surface area (Å²) in [5.41, 5.74) is 1.01. The predicted octanol–water partition coefficient (Wildman–Crippen LogP) is 2.57. The van der Waals surface area contributed by atoms with Gasteiger partial charge in [0.2, 0.25) is 0 Å². The molecule has 1 fully saturated rings. The summed E-state index contributed by atoms with van der Waals surface area (Å²) >= 11 is 0. The van der Waals surface area contributed by atoms with E-state index < -0.39 is 0 Å². The molecule has 1 aromatic heterocycles. The first-order valence-corrected chi connectivity index (χ1v) is 5.94. The molecule has 1 aromatic rings. The van der Waals surface area contributed by atoms with Gasteiger partial charge in [0.15, 0.2) is 0 Å². The Hall–Kier alpha value is -1.50. The molecule has 1 atom stereocenters. The zero-order valence-electron chi connectivity index (χ0n) is 9.69. The predicted molar refractivity (Wildman–Crippen MR) is 63.0 cm³/mol. The van der Waals surface area contributed by atoms with Crippen LogP contribution < -0.4 is 5.32 Å². The summed E-state index contributed by atoms with van der Waals surface area (Å²) in [6.45, 7) is 0. The van der Waals surface area contributed by atoms with E-state index in [0.29, 0.717) is 12.3 Å². The second kappa shape index (κ2) is 5.02. The van der Waals surface area contributed by atoms with Gasteiger partial charge in [0, 0.05) is 13.2 Å². The number of nitrogens with one attached hydrogen (secondary N) is 1. The Morgan fingerprint density at radius 1 is 1.62 bits per heavy atom. The van der Waals surface area contributed by atoms with Gasteiger partial charge in [-0.15, -0.1) is 0 Å². The monoisotopic (exact) mass is 218 g/mol. The second-order valence-corrected chi connectivity index (χ2v) is 4.43. The Morgan fingerprint density at radius 2 is 2.38 bits per heavy atom. The van der Waals surface area contributed by atoms with Crippen molar-refractivity contribution in [3.63, 3.8) is 0 Å². The van der Waals surface area contributed by atoms with Gasteiger partial charge in [-0.05, 0) is 18.8 Å². The van der Waals surface area contributed by atoms with E-state index in [9.17, 15) is 0 Å². The van der Waals surface area contributed by atoms with E-state index in [2.05, 4.69) is 16.5 Å². The molecule has 0 bridgehead atoms. The Morgan fingerprint density at radius 3 is 2.94 bits per heavy atom. The standard InChI is InChI=1S/C12H18N4/c1-14-11-8-15-16(9-11)12(6-7-13)10-4-2-3-5-10/h8-10,12,14H,2-6H2,1H3. The molecule has 4 nitrogen and oxygen atoms in total. The van der Waals surface area contributed by atoms with Crippen molar-refractivity contribution in [3.05, 3.63) is 12.4 Å². The lowest BCUT2D eigenvalue weighted by atomic mass is 9.96. The highest BCUT2D eigenvalue weighted by Crippen LogP contribution is 2.35. The van der Waals surface area contributed by atoms with Crippen molar-refractivity contribution in [2.45, 2.75) is 38.1 Å². The summed E-state index contributed by atoms with van der Waals surface area (Å²) < 4.78 is 1.96. The highest BCUT2D eigenvalue weighted by atomic mass is 15.3. The number of hydrogen-bond acceptors (Lipinski definition) is 3. The largest absolute Gasteiger partial charge is 0.386 e. The number of hydrogen-bond donors (Lipinski definition) is 1. The Balaban J connectivity index is 2.14. The lowest BCUT2D eigenvalue weighted by Gasteiger charge is -2.21. The van der Waals surface area contributed by atoms with E-state index in [1.54, 1.807) is 0 Å². The fourth-order valence-electron chi connectivity index (χ4n) is 2.56. The summed E-state index contributed by atoms with van der Waals surface area (Å²) in [6.07, 6.45) is 9.46. The van der Waals surface area contributed by atoms with E-state index in [1.807, 2.05) is 24.1 Å². The molecule has 1 aliphatic carbocycles. The highest BCUT2D eigenvalue weighted by molar-refractivity contribution is 5.37. The van der Waals surface area contributed by atoms with Crippen molar-refractivity contribution < 1.29 is 0 Å². The van der Waals surface area contributed by atoms with Gasteiger partial charge >= 0.3 is 0 Å². The number of anilines is 1. The quantitative estimate of drug-likeness (QED) is 0.845. The molecule has 0 saturated heterocycles. The first-order chi connectivity index (χ1) is 7.85. The fraction of sp³-hybridized carbons (Fsp3) is 0.667. The highest BCUT2D eigenvalue weighted by Gasteiger charge is 2.26. The van der Waals surface area contributed by atoms with Crippen molar-refractivity contribution in [3.8, 4) is 6.07 Å². The second-order valence-electron chi connectivity index (χ2n) is 4.43. The van der Waals surface area contributed by atoms with E-state index in [-0.39, 0.29) is 6.04 Å². The smallest absolute Gasteiger partial charge is 0.0724 e. The van der Waals surface area contributed by atoms with Crippen LogP contribution in [0.4, 0.5) is 5.69 Å². The Kier molecular flexibility index (Phi) is 3.45. The number of nitriles is 1. The molecule has 0 aliphatic heterocycles. The van der Waals surface area contributed by atoms with Crippen molar-refractivity contribution in [2.75, 3.05) is 12.4 Å². The van der Waals surface area contributed by atoms with Crippen LogP contribution in [0.5, 0.6) is 0 Å². The van der Waals surface area contributed by atoms with Crippen LogP contribution in [0, 0.1) is 17.2 Å². The lowest BCUT2D eigenvalue weighted by Crippen LogP contribution is -2.17. The average molecular weight is 218 g/mol. The minimum absolute atomic E-state index is 0.259. The molecule has 1 aliphatic rings. The number of aromatic nitrogens is 2. The van der Waals surface area contributed by atoms with Gasteiger partial charge < -0.3 is 5.32 Å². The van der Waals surface area contributed by atoms with Crippen LogP contribution in [-0.2, 0) is 0 Å². The van der Waals surface area contributed by atoms with Gasteiger partial charge in [0.1, 0.15) is 0 Å². The van der Waals surface area contributed by atoms with E-state index in [4.69, 9.17) is 5.26 Å². The van der Waals surface area contributed by atoms with Crippen LogP contribution in [0.25, 0.3) is 0 Å². The minimum atomic E-state index is 0.259. The SMILES string of the molecule is CNc1cnn(C(CC#N)C2CCCC2)c1. The van der Waals surface area contributed by atoms with Crippen molar-refractivity contribution in [2.24, 2.45) is 5.92 Å². The first-order valence-electron chi connectivity index (χ1n) is 5.94. The number of nitrogens with zero attached hydrogens (tertiary/aromatic N) is 3. The summed E-state index contributed by atoms with van der Waals surface area (Å²) in [4.78, 5) is 0. The maximum absolute atomic E-state index is 8.92. The third-order valence-corrected chi connectivity index (χ3v) is 3.47. The molecule has 0 aromatic carbocycles. The summed E-state index contributed by atoms with van der Waals surface area (Å²) in [6, 6.07) is 2.55. The van der Waals surface area contributed by atoms with Crippen LogP contribution in [0.15, 0.2) is 12.4 Å². The summed E-state index contributed by atoms with van der Waals surface area (Å²) in [7, 11) is 1.89. The molecule has 4 heteroatoms. The van der Waals surface area contributed by atoms with E-state index in [1.165, 1.54) is 25.7 Å². The maximum atomic E-state index is 8.92. The Labute approximate surface area is 96.3 Å². The maximum Gasteiger partial charge on any atom is 0.0724 e. The molecular weight excluding hydrogens is 200 g/mol.